The minimum atomic E-state index is -0.214. The first-order valence-electron chi connectivity index (χ1n) is 8.26. The van der Waals surface area contributed by atoms with Crippen molar-refractivity contribution >= 4 is 11.9 Å². The molecule has 24 heavy (non-hydrogen) atoms. The molecule has 0 spiro atoms. The smallest absolute Gasteiger partial charge is 0.272 e. The van der Waals surface area contributed by atoms with E-state index in [9.17, 15) is 9.18 Å². The molecule has 3 rings (SSSR count). The number of nitrogens with zero attached hydrogens (tertiary/aromatic N) is 3. The van der Waals surface area contributed by atoms with Crippen molar-refractivity contribution in [1.29, 1.82) is 0 Å². The summed E-state index contributed by atoms with van der Waals surface area (Å²) in [4.78, 5) is 22.9. The third-order valence-corrected chi connectivity index (χ3v) is 4.10. The molecule has 1 aliphatic heterocycles. The molecular weight excluding hydrogens is 307 g/mol. The first kappa shape index (κ1) is 16.4. The van der Waals surface area contributed by atoms with Crippen LogP contribution in [0, 0.1) is 12.7 Å². The highest BCUT2D eigenvalue weighted by atomic mass is 19.1. The molecule has 6 heteroatoms. The molecule has 1 aromatic carbocycles. The molecule has 1 N–H and O–H groups in total. The van der Waals surface area contributed by atoms with E-state index in [1.54, 1.807) is 18.2 Å². The van der Waals surface area contributed by atoms with Crippen molar-refractivity contribution in [3.63, 3.8) is 0 Å². The second-order valence-corrected chi connectivity index (χ2v) is 5.99. The number of carbonyl (C=O) groups is 1. The number of nitrogens with one attached hydrogen (secondary N) is 1. The van der Waals surface area contributed by atoms with Crippen LogP contribution in [0.5, 0.6) is 0 Å². The van der Waals surface area contributed by atoms with Crippen LogP contribution in [0.15, 0.2) is 30.3 Å². The molecule has 0 radical (unpaired) electrons. The van der Waals surface area contributed by atoms with Crippen LogP contribution in [-0.4, -0.2) is 40.4 Å². The number of hydrogen-bond donors (Lipinski definition) is 1. The molecule has 1 saturated heterocycles. The fourth-order valence-electron chi connectivity index (χ4n) is 2.85. The van der Waals surface area contributed by atoms with Crippen LogP contribution >= 0.6 is 0 Å². The van der Waals surface area contributed by atoms with Crippen molar-refractivity contribution in [3.05, 3.63) is 53.1 Å². The summed E-state index contributed by atoms with van der Waals surface area (Å²) in [5.74, 6) is 0.151. The molecule has 0 aliphatic carbocycles. The van der Waals surface area contributed by atoms with E-state index in [4.69, 9.17) is 0 Å². The number of anilines is 1. The van der Waals surface area contributed by atoms with Gasteiger partial charge < -0.3 is 10.2 Å². The number of benzene rings is 1. The Morgan fingerprint density at radius 3 is 2.75 bits per heavy atom. The summed E-state index contributed by atoms with van der Waals surface area (Å²) in [6.07, 6.45) is 2.62. The molecular formula is C18H21FN4O. The average molecular weight is 328 g/mol. The number of aryl methyl sites for hydroxylation is 1. The number of halogens is 1. The SMILES string of the molecule is Cc1cc(C(=O)N2CCCC2)nc(NCCc2ccccc2F)n1. The lowest BCUT2D eigenvalue weighted by Gasteiger charge is -2.15. The van der Waals surface area contributed by atoms with Crippen LogP contribution in [0.3, 0.4) is 0 Å². The van der Waals surface area contributed by atoms with E-state index in [2.05, 4.69) is 15.3 Å². The van der Waals surface area contributed by atoms with Crippen molar-refractivity contribution in [2.45, 2.75) is 26.2 Å². The standard InChI is InChI=1S/C18H21FN4O/c1-13-12-16(17(24)23-10-4-5-11-23)22-18(21-13)20-9-8-14-6-2-3-7-15(14)19/h2-3,6-7,12H,4-5,8-11H2,1H3,(H,20,21,22). The van der Waals surface area contributed by atoms with Gasteiger partial charge in [-0.15, -0.1) is 0 Å². The summed E-state index contributed by atoms with van der Waals surface area (Å²) < 4.78 is 13.6. The number of aromatic nitrogens is 2. The van der Waals surface area contributed by atoms with Gasteiger partial charge in [-0.1, -0.05) is 18.2 Å². The largest absolute Gasteiger partial charge is 0.354 e. The summed E-state index contributed by atoms with van der Waals surface area (Å²) in [7, 11) is 0. The first-order valence-corrected chi connectivity index (χ1v) is 8.26. The quantitative estimate of drug-likeness (QED) is 0.917. The minimum Gasteiger partial charge on any atom is -0.354 e. The molecule has 126 valence electrons. The summed E-state index contributed by atoms with van der Waals surface area (Å²) in [5, 5.41) is 3.09. The molecule has 1 aromatic heterocycles. The maximum Gasteiger partial charge on any atom is 0.272 e. The molecule has 0 bridgehead atoms. The van der Waals surface area contributed by atoms with Gasteiger partial charge in [0.15, 0.2) is 0 Å². The van der Waals surface area contributed by atoms with Crippen molar-refractivity contribution in [3.8, 4) is 0 Å². The van der Waals surface area contributed by atoms with Crippen LogP contribution < -0.4 is 5.32 Å². The Bertz CT molecular complexity index is 729. The molecule has 2 heterocycles. The van der Waals surface area contributed by atoms with Gasteiger partial charge in [-0.25, -0.2) is 14.4 Å². The number of likely N-dealkylation sites (tertiary alicyclic amines) is 1. The van der Waals surface area contributed by atoms with Crippen LogP contribution in [0.2, 0.25) is 0 Å². The zero-order chi connectivity index (χ0) is 16.9. The van der Waals surface area contributed by atoms with Gasteiger partial charge in [0.05, 0.1) is 0 Å². The monoisotopic (exact) mass is 328 g/mol. The molecule has 0 unspecified atom stereocenters. The third-order valence-electron chi connectivity index (χ3n) is 4.10. The predicted molar refractivity (Wildman–Crippen MR) is 90.5 cm³/mol. The Kier molecular flexibility index (Phi) is 5.03. The third kappa shape index (κ3) is 3.88. The first-order chi connectivity index (χ1) is 11.6. The summed E-state index contributed by atoms with van der Waals surface area (Å²) in [5.41, 5.74) is 1.80. The summed E-state index contributed by atoms with van der Waals surface area (Å²) in [6.45, 7) is 3.92. The predicted octanol–water partition coefficient (Wildman–Crippen LogP) is 2.81. The van der Waals surface area contributed by atoms with E-state index in [0.29, 0.717) is 30.2 Å². The van der Waals surface area contributed by atoms with Gasteiger partial charge in [0.2, 0.25) is 5.95 Å². The molecule has 0 atom stereocenters. The summed E-state index contributed by atoms with van der Waals surface area (Å²) in [6, 6.07) is 8.41. The second kappa shape index (κ2) is 7.38. The van der Waals surface area contributed by atoms with E-state index in [1.165, 1.54) is 6.07 Å². The minimum absolute atomic E-state index is 0.0462. The van der Waals surface area contributed by atoms with Crippen LogP contribution in [0.25, 0.3) is 0 Å². The molecule has 0 saturated carbocycles. The fourth-order valence-corrected chi connectivity index (χ4v) is 2.85. The Balaban J connectivity index is 1.65. The highest BCUT2D eigenvalue weighted by Crippen LogP contribution is 2.14. The van der Waals surface area contributed by atoms with Crippen LogP contribution in [0.4, 0.5) is 10.3 Å². The van der Waals surface area contributed by atoms with Gasteiger partial charge >= 0.3 is 0 Å². The number of carbonyl (C=O) groups excluding carboxylic acids is 1. The van der Waals surface area contributed by atoms with Crippen molar-refractivity contribution in [1.82, 2.24) is 14.9 Å². The zero-order valence-corrected chi connectivity index (χ0v) is 13.8. The summed E-state index contributed by atoms with van der Waals surface area (Å²) >= 11 is 0. The second-order valence-electron chi connectivity index (χ2n) is 5.99. The molecule has 1 amide bonds. The highest BCUT2D eigenvalue weighted by molar-refractivity contribution is 5.92. The Morgan fingerprint density at radius 1 is 1.25 bits per heavy atom. The van der Waals surface area contributed by atoms with Crippen LogP contribution in [-0.2, 0) is 6.42 Å². The van der Waals surface area contributed by atoms with Gasteiger partial charge in [0.1, 0.15) is 11.5 Å². The number of amides is 1. The van der Waals surface area contributed by atoms with Crippen molar-refractivity contribution < 1.29 is 9.18 Å². The maximum atomic E-state index is 13.6. The molecule has 2 aromatic rings. The Morgan fingerprint density at radius 2 is 2.00 bits per heavy atom. The Labute approximate surface area is 140 Å². The topological polar surface area (TPSA) is 58.1 Å². The lowest BCUT2D eigenvalue weighted by atomic mass is 10.1. The number of hydrogen-bond acceptors (Lipinski definition) is 4. The van der Waals surface area contributed by atoms with Gasteiger partial charge in [-0.2, -0.15) is 0 Å². The Hall–Kier alpha value is -2.50. The number of rotatable bonds is 5. The molecule has 1 fully saturated rings. The van der Waals surface area contributed by atoms with Gasteiger partial charge in [0.25, 0.3) is 5.91 Å². The normalized spacial score (nSPS) is 14.0. The highest BCUT2D eigenvalue weighted by Gasteiger charge is 2.21. The van der Waals surface area contributed by atoms with Gasteiger partial charge in [0, 0.05) is 25.3 Å². The average Bonchev–Trinajstić information content (AvgIpc) is 3.10. The van der Waals surface area contributed by atoms with E-state index in [0.717, 1.165) is 31.6 Å². The lowest BCUT2D eigenvalue weighted by molar-refractivity contribution is 0.0787. The van der Waals surface area contributed by atoms with Gasteiger partial charge in [-0.3, -0.25) is 4.79 Å². The van der Waals surface area contributed by atoms with Crippen molar-refractivity contribution in [2.75, 3.05) is 25.0 Å². The zero-order valence-electron chi connectivity index (χ0n) is 13.8. The fraction of sp³-hybridized carbons (Fsp3) is 0.389. The van der Waals surface area contributed by atoms with Gasteiger partial charge in [-0.05, 0) is 43.9 Å². The van der Waals surface area contributed by atoms with E-state index in [1.807, 2.05) is 17.9 Å². The van der Waals surface area contributed by atoms with Crippen LogP contribution in [0.1, 0.15) is 34.6 Å². The maximum absolute atomic E-state index is 13.6. The molecule has 1 aliphatic rings. The van der Waals surface area contributed by atoms with E-state index >= 15 is 0 Å². The van der Waals surface area contributed by atoms with Crippen molar-refractivity contribution in [2.24, 2.45) is 0 Å². The van der Waals surface area contributed by atoms with E-state index in [-0.39, 0.29) is 11.7 Å². The molecule has 5 nitrogen and oxygen atoms in total. The lowest BCUT2D eigenvalue weighted by Crippen LogP contribution is -2.29. The van der Waals surface area contributed by atoms with E-state index < -0.39 is 0 Å².